The average Bonchev–Trinajstić information content (AvgIpc) is 2.47. The number of nitrogens with two attached hydrogens (primary N) is 1. The molecule has 1 aromatic carbocycles. The van der Waals surface area contributed by atoms with Crippen LogP contribution >= 0.6 is 0 Å². The number of rotatable bonds is 4. The van der Waals surface area contributed by atoms with E-state index in [-0.39, 0.29) is 17.5 Å². The Morgan fingerprint density at radius 3 is 2.85 bits per heavy atom. The van der Waals surface area contributed by atoms with Crippen molar-refractivity contribution in [3.8, 4) is 0 Å². The van der Waals surface area contributed by atoms with Gasteiger partial charge in [-0.05, 0) is 44.5 Å². The zero-order valence-corrected chi connectivity index (χ0v) is 12.4. The SMILES string of the molecule is CNS(=O)(=O)c1ccc(N)c(N2CCCCC2CO)c1. The van der Waals surface area contributed by atoms with Gasteiger partial charge >= 0.3 is 0 Å². The summed E-state index contributed by atoms with van der Waals surface area (Å²) in [6, 6.07) is 4.67. The van der Waals surface area contributed by atoms with E-state index in [0.29, 0.717) is 11.4 Å². The number of anilines is 2. The van der Waals surface area contributed by atoms with Gasteiger partial charge in [-0.3, -0.25) is 0 Å². The normalized spacial score (nSPS) is 20.1. The van der Waals surface area contributed by atoms with Gasteiger partial charge < -0.3 is 15.7 Å². The van der Waals surface area contributed by atoms with Crippen LogP contribution in [0, 0.1) is 0 Å². The first kappa shape index (κ1) is 15.1. The Balaban J connectivity index is 2.42. The fraction of sp³-hybridized carbons (Fsp3) is 0.538. The molecule has 4 N–H and O–H groups in total. The molecule has 0 aromatic heterocycles. The molecule has 1 fully saturated rings. The summed E-state index contributed by atoms with van der Waals surface area (Å²) in [6.45, 7) is 0.820. The van der Waals surface area contributed by atoms with Crippen molar-refractivity contribution in [2.45, 2.75) is 30.2 Å². The van der Waals surface area contributed by atoms with Gasteiger partial charge in [0, 0.05) is 6.54 Å². The number of piperidine rings is 1. The molecule has 7 heteroatoms. The van der Waals surface area contributed by atoms with Crippen LogP contribution in [-0.4, -0.2) is 39.8 Å². The molecule has 0 bridgehead atoms. The maximum Gasteiger partial charge on any atom is 0.240 e. The zero-order chi connectivity index (χ0) is 14.8. The Morgan fingerprint density at radius 1 is 1.45 bits per heavy atom. The topological polar surface area (TPSA) is 95.7 Å². The highest BCUT2D eigenvalue weighted by Crippen LogP contribution is 2.31. The summed E-state index contributed by atoms with van der Waals surface area (Å²) < 4.78 is 26.1. The highest BCUT2D eigenvalue weighted by molar-refractivity contribution is 7.89. The average molecular weight is 299 g/mol. The number of sulfonamides is 1. The van der Waals surface area contributed by atoms with E-state index in [1.165, 1.54) is 13.1 Å². The number of hydrogen-bond acceptors (Lipinski definition) is 5. The molecule has 6 nitrogen and oxygen atoms in total. The highest BCUT2D eigenvalue weighted by Gasteiger charge is 2.24. The molecule has 1 saturated heterocycles. The van der Waals surface area contributed by atoms with E-state index in [4.69, 9.17) is 5.73 Å². The Morgan fingerprint density at radius 2 is 2.20 bits per heavy atom. The molecule has 2 rings (SSSR count). The van der Waals surface area contributed by atoms with Gasteiger partial charge in [-0.15, -0.1) is 0 Å². The summed E-state index contributed by atoms with van der Waals surface area (Å²) in [5.74, 6) is 0. The van der Waals surface area contributed by atoms with Gasteiger partial charge in [0.05, 0.1) is 28.9 Å². The predicted molar refractivity (Wildman–Crippen MR) is 79.2 cm³/mol. The number of nitrogens with one attached hydrogen (secondary N) is 1. The molecular formula is C13H21N3O3S. The predicted octanol–water partition coefficient (Wildman–Crippen LogP) is 0.528. The van der Waals surface area contributed by atoms with Crippen LogP contribution in [-0.2, 0) is 10.0 Å². The summed E-state index contributed by atoms with van der Waals surface area (Å²) in [5, 5.41) is 9.48. The minimum absolute atomic E-state index is 0.00131. The lowest BCUT2D eigenvalue weighted by Crippen LogP contribution is -2.42. The highest BCUT2D eigenvalue weighted by atomic mass is 32.2. The molecule has 1 heterocycles. The Labute approximate surface area is 119 Å². The van der Waals surface area contributed by atoms with E-state index in [1.54, 1.807) is 12.1 Å². The smallest absolute Gasteiger partial charge is 0.240 e. The summed E-state index contributed by atoms with van der Waals surface area (Å²) >= 11 is 0. The molecule has 1 aliphatic rings. The van der Waals surface area contributed by atoms with E-state index in [0.717, 1.165) is 25.8 Å². The third-order valence-corrected chi connectivity index (χ3v) is 5.14. The third-order valence-electron chi connectivity index (χ3n) is 3.73. The summed E-state index contributed by atoms with van der Waals surface area (Å²) in [7, 11) is -2.12. The third kappa shape index (κ3) is 2.89. The molecule has 1 unspecified atom stereocenters. The van der Waals surface area contributed by atoms with Gasteiger partial charge in [0.15, 0.2) is 0 Å². The van der Waals surface area contributed by atoms with Gasteiger partial charge in [-0.2, -0.15) is 0 Å². The van der Waals surface area contributed by atoms with Crippen molar-refractivity contribution in [1.29, 1.82) is 0 Å². The summed E-state index contributed by atoms with van der Waals surface area (Å²) in [6.07, 6.45) is 2.97. The van der Waals surface area contributed by atoms with Crippen molar-refractivity contribution in [2.24, 2.45) is 0 Å². The number of aliphatic hydroxyl groups is 1. The lowest BCUT2D eigenvalue weighted by molar-refractivity contribution is 0.240. The van der Waals surface area contributed by atoms with Crippen LogP contribution in [0.15, 0.2) is 23.1 Å². The largest absolute Gasteiger partial charge is 0.397 e. The van der Waals surface area contributed by atoms with Gasteiger partial charge in [-0.1, -0.05) is 0 Å². The standard InChI is InChI=1S/C13H21N3O3S/c1-15-20(18,19)11-5-6-12(14)13(8-11)16-7-3-2-4-10(16)9-17/h5-6,8,10,15,17H,2-4,7,9,14H2,1H3. The van der Waals surface area contributed by atoms with Crippen molar-refractivity contribution in [3.63, 3.8) is 0 Å². The van der Waals surface area contributed by atoms with Gasteiger partial charge in [0.1, 0.15) is 0 Å². The van der Waals surface area contributed by atoms with Crippen LogP contribution in [0.1, 0.15) is 19.3 Å². The van der Waals surface area contributed by atoms with E-state index in [9.17, 15) is 13.5 Å². The van der Waals surface area contributed by atoms with Crippen LogP contribution in [0.4, 0.5) is 11.4 Å². The number of aliphatic hydroxyl groups excluding tert-OH is 1. The molecule has 0 saturated carbocycles. The van der Waals surface area contributed by atoms with Crippen molar-refractivity contribution < 1.29 is 13.5 Å². The molecule has 112 valence electrons. The quantitative estimate of drug-likeness (QED) is 0.705. The Bertz CT molecular complexity index is 574. The second-order valence-corrected chi connectivity index (χ2v) is 6.84. The zero-order valence-electron chi connectivity index (χ0n) is 11.5. The minimum atomic E-state index is -3.50. The van der Waals surface area contributed by atoms with Crippen LogP contribution in [0.2, 0.25) is 0 Å². The van der Waals surface area contributed by atoms with E-state index >= 15 is 0 Å². The number of nitrogens with zero attached hydrogens (tertiary/aromatic N) is 1. The van der Waals surface area contributed by atoms with Crippen molar-refractivity contribution in [3.05, 3.63) is 18.2 Å². The number of benzene rings is 1. The minimum Gasteiger partial charge on any atom is -0.397 e. The second kappa shape index (κ2) is 5.99. The Kier molecular flexibility index (Phi) is 4.52. The molecule has 1 aromatic rings. The first-order chi connectivity index (χ1) is 9.49. The maximum absolute atomic E-state index is 11.9. The van der Waals surface area contributed by atoms with E-state index in [2.05, 4.69) is 4.72 Å². The molecule has 0 radical (unpaired) electrons. The summed E-state index contributed by atoms with van der Waals surface area (Å²) in [4.78, 5) is 2.19. The molecule has 20 heavy (non-hydrogen) atoms. The fourth-order valence-electron chi connectivity index (χ4n) is 2.56. The first-order valence-corrected chi connectivity index (χ1v) is 8.18. The van der Waals surface area contributed by atoms with E-state index < -0.39 is 10.0 Å². The lowest BCUT2D eigenvalue weighted by Gasteiger charge is -2.37. The number of hydrogen-bond donors (Lipinski definition) is 3. The van der Waals surface area contributed by atoms with Crippen molar-refractivity contribution >= 4 is 21.4 Å². The molecule has 0 amide bonds. The van der Waals surface area contributed by atoms with E-state index in [1.807, 2.05) is 4.90 Å². The van der Waals surface area contributed by atoms with Gasteiger partial charge in [0.2, 0.25) is 10.0 Å². The van der Waals surface area contributed by atoms with Gasteiger partial charge in [-0.25, -0.2) is 13.1 Å². The Hall–Kier alpha value is -1.31. The first-order valence-electron chi connectivity index (χ1n) is 6.70. The molecule has 0 spiro atoms. The second-order valence-electron chi connectivity index (χ2n) is 4.95. The molecule has 1 atom stereocenters. The maximum atomic E-state index is 11.9. The van der Waals surface area contributed by atoms with Crippen LogP contribution in [0.25, 0.3) is 0 Å². The van der Waals surface area contributed by atoms with Crippen molar-refractivity contribution in [2.75, 3.05) is 30.8 Å². The van der Waals surface area contributed by atoms with Crippen molar-refractivity contribution in [1.82, 2.24) is 4.72 Å². The molecule has 0 aliphatic carbocycles. The lowest BCUT2D eigenvalue weighted by atomic mass is 10.0. The fourth-order valence-corrected chi connectivity index (χ4v) is 3.31. The monoisotopic (exact) mass is 299 g/mol. The number of nitrogen functional groups attached to an aromatic ring is 1. The van der Waals surface area contributed by atoms with Crippen LogP contribution in [0.5, 0.6) is 0 Å². The summed E-state index contributed by atoms with van der Waals surface area (Å²) in [5.41, 5.74) is 7.19. The van der Waals surface area contributed by atoms with Crippen LogP contribution in [0.3, 0.4) is 0 Å². The molecule has 1 aliphatic heterocycles. The molecular weight excluding hydrogens is 278 g/mol. The van der Waals surface area contributed by atoms with Gasteiger partial charge in [0.25, 0.3) is 0 Å². The van der Waals surface area contributed by atoms with Crippen LogP contribution < -0.4 is 15.4 Å².